The van der Waals surface area contributed by atoms with Crippen LogP contribution in [0, 0.1) is 17.8 Å². The number of quaternary nitrogens is 1. The second-order valence-corrected chi connectivity index (χ2v) is 7.90. The minimum absolute atomic E-state index is 0.528. The molecule has 0 radical (unpaired) electrons. The van der Waals surface area contributed by atoms with Gasteiger partial charge < -0.3 is 20.3 Å². The first-order valence-corrected chi connectivity index (χ1v) is 9.59. The van der Waals surface area contributed by atoms with Crippen molar-refractivity contribution in [2.45, 2.75) is 45.1 Å². The van der Waals surface area contributed by atoms with Crippen LogP contribution in [0.15, 0.2) is 0 Å². The minimum Gasteiger partial charge on any atom is -0.370 e. The van der Waals surface area contributed by atoms with E-state index in [1.807, 2.05) is 0 Å². The molecule has 126 valence electrons. The van der Waals surface area contributed by atoms with Crippen molar-refractivity contribution in [1.29, 1.82) is 0 Å². The second-order valence-electron chi connectivity index (χ2n) is 7.49. The van der Waals surface area contributed by atoms with Crippen LogP contribution >= 0.6 is 12.2 Å². The molecule has 3 rings (SSSR count). The zero-order valence-corrected chi connectivity index (χ0v) is 14.7. The van der Waals surface area contributed by atoms with E-state index in [2.05, 4.69) is 17.6 Å². The van der Waals surface area contributed by atoms with Crippen LogP contribution in [-0.2, 0) is 4.74 Å². The van der Waals surface area contributed by atoms with Crippen molar-refractivity contribution in [1.82, 2.24) is 10.6 Å². The topological polar surface area (TPSA) is 37.7 Å². The van der Waals surface area contributed by atoms with Gasteiger partial charge in [-0.15, -0.1) is 0 Å². The number of morpholine rings is 1. The van der Waals surface area contributed by atoms with Crippen LogP contribution in [0.1, 0.15) is 39.0 Å². The minimum atomic E-state index is 0.528. The molecule has 5 heteroatoms. The first kappa shape index (κ1) is 16.5. The molecule has 0 aromatic carbocycles. The maximum atomic E-state index is 5.47. The van der Waals surface area contributed by atoms with Crippen molar-refractivity contribution in [3.05, 3.63) is 0 Å². The molecule has 2 bridgehead atoms. The van der Waals surface area contributed by atoms with E-state index in [4.69, 9.17) is 17.0 Å². The summed E-state index contributed by atoms with van der Waals surface area (Å²) in [5.41, 5.74) is 0. The van der Waals surface area contributed by atoms with Gasteiger partial charge in [0.05, 0.1) is 19.8 Å². The molecule has 1 aliphatic heterocycles. The second kappa shape index (κ2) is 7.93. The molecule has 1 saturated heterocycles. The van der Waals surface area contributed by atoms with Crippen LogP contribution in [0.3, 0.4) is 0 Å². The summed E-state index contributed by atoms with van der Waals surface area (Å²) < 4.78 is 5.39. The van der Waals surface area contributed by atoms with Crippen LogP contribution in [-0.4, -0.2) is 50.5 Å². The number of fused-ring (bicyclic) bond motifs is 2. The van der Waals surface area contributed by atoms with E-state index in [9.17, 15) is 0 Å². The molecule has 4 nitrogen and oxygen atoms in total. The van der Waals surface area contributed by atoms with Gasteiger partial charge in [0.1, 0.15) is 13.1 Å². The smallest absolute Gasteiger partial charge is 0.166 e. The van der Waals surface area contributed by atoms with Gasteiger partial charge in [-0.05, 0) is 56.2 Å². The summed E-state index contributed by atoms with van der Waals surface area (Å²) in [6.07, 6.45) is 6.99. The summed E-state index contributed by atoms with van der Waals surface area (Å²) in [6, 6.07) is 0.528. The molecule has 0 unspecified atom stereocenters. The average Bonchev–Trinajstić information content (AvgIpc) is 3.15. The molecular formula is C17H32N3OS+. The summed E-state index contributed by atoms with van der Waals surface area (Å²) >= 11 is 5.47. The third kappa shape index (κ3) is 4.33. The summed E-state index contributed by atoms with van der Waals surface area (Å²) in [5.74, 6) is 2.81. The van der Waals surface area contributed by atoms with Crippen LogP contribution in [0.2, 0.25) is 0 Å². The third-order valence-electron chi connectivity index (χ3n) is 5.99. The van der Waals surface area contributed by atoms with Gasteiger partial charge in [-0.2, -0.15) is 0 Å². The normalized spacial score (nSPS) is 32.9. The van der Waals surface area contributed by atoms with Gasteiger partial charge >= 0.3 is 0 Å². The van der Waals surface area contributed by atoms with Crippen LogP contribution < -0.4 is 15.5 Å². The molecule has 2 saturated carbocycles. The Balaban J connectivity index is 1.27. The van der Waals surface area contributed by atoms with Crippen molar-refractivity contribution < 1.29 is 9.64 Å². The Labute approximate surface area is 140 Å². The first-order chi connectivity index (χ1) is 10.7. The lowest BCUT2D eigenvalue weighted by Gasteiger charge is -2.29. The van der Waals surface area contributed by atoms with E-state index in [0.717, 1.165) is 55.7 Å². The van der Waals surface area contributed by atoms with Gasteiger partial charge in [0.15, 0.2) is 5.11 Å². The Hall–Kier alpha value is -0.390. The first-order valence-electron chi connectivity index (χ1n) is 9.18. The van der Waals surface area contributed by atoms with E-state index in [1.165, 1.54) is 38.6 Å². The third-order valence-corrected chi connectivity index (χ3v) is 6.25. The maximum absolute atomic E-state index is 5.47. The Kier molecular flexibility index (Phi) is 5.94. The van der Waals surface area contributed by atoms with Gasteiger partial charge in [-0.3, -0.25) is 0 Å². The largest absolute Gasteiger partial charge is 0.370 e. The van der Waals surface area contributed by atoms with Gasteiger partial charge in [0.25, 0.3) is 0 Å². The lowest BCUT2D eigenvalue weighted by atomic mass is 9.84. The van der Waals surface area contributed by atoms with Gasteiger partial charge in [0, 0.05) is 19.0 Å². The van der Waals surface area contributed by atoms with E-state index in [0.29, 0.717) is 6.04 Å². The highest BCUT2D eigenvalue weighted by Gasteiger charge is 2.41. The fourth-order valence-corrected chi connectivity index (χ4v) is 5.01. The average molecular weight is 327 g/mol. The zero-order valence-electron chi connectivity index (χ0n) is 13.9. The lowest BCUT2D eigenvalue weighted by molar-refractivity contribution is -0.908. The molecule has 3 aliphatic rings. The monoisotopic (exact) mass is 326 g/mol. The highest BCUT2D eigenvalue weighted by Crippen LogP contribution is 2.49. The van der Waals surface area contributed by atoms with Gasteiger partial charge in [0.2, 0.25) is 0 Å². The molecule has 0 amide bonds. The standard InChI is InChI=1S/C17H31N3OS/c1-13(16-12-14-3-4-15(16)11-14)19-17(22)18-5-2-6-20-7-9-21-10-8-20/h13-16H,2-12H2,1H3,(H2,18,19,22)/p+1/t13-,14+,15+,16+/m0/s1. The Bertz CT molecular complexity index is 373. The van der Waals surface area contributed by atoms with Crippen LogP contribution in [0.5, 0.6) is 0 Å². The Morgan fingerprint density at radius 1 is 1.27 bits per heavy atom. The zero-order chi connectivity index (χ0) is 15.4. The SMILES string of the molecule is C[C@H](NC(=S)NCCC[NH+]1CCOCC1)[C@H]1C[C@@H]2CC[C@@H]1C2. The van der Waals surface area contributed by atoms with Crippen molar-refractivity contribution in [3.8, 4) is 0 Å². The summed E-state index contributed by atoms with van der Waals surface area (Å²) in [6.45, 7) is 8.68. The highest BCUT2D eigenvalue weighted by molar-refractivity contribution is 7.80. The Morgan fingerprint density at radius 2 is 2.09 bits per heavy atom. The molecule has 0 aromatic heterocycles. The molecule has 0 aromatic rings. The molecule has 22 heavy (non-hydrogen) atoms. The molecule has 3 fully saturated rings. The van der Waals surface area contributed by atoms with Crippen molar-refractivity contribution in [2.75, 3.05) is 39.4 Å². The quantitative estimate of drug-likeness (QED) is 0.493. The van der Waals surface area contributed by atoms with Gasteiger partial charge in [-0.1, -0.05) is 6.42 Å². The molecule has 4 atom stereocenters. The number of hydrogen-bond acceptors (Lipinski definition) is 2. The highest BCUT2D eigenvalue weighted by atomic mass is 32.1. The van der Waals surface area contributed by atoms with Crippen molar-refractivity contribution >= 4 is 17.3 Å². The van der Waals surface area contributed by atoms with E-state index in [-0.39, 0.29) is 0 Å². The van der Waals surface area contributed by atoms with Gasteiger partial charge in [-0.25, -0.2) is 0 Å². The van der Waals surface area contributed by atoms with E-state index < -0.39 is 0 Å². The number of thiocarbonyl (C=S) groups is 1. The fraction of sp³-hybridized carbons (Fsp3) is 0.941. The predicted molar refractivity (Wildman–Crippen MR) is 93.1 cm³/mol. The number of hydrogen-bond donors (Lipinski definition) is 3. The lowest BCUT2D eigenvalue weighted by Crippen LogP contribution is -3.14. The summed E-state index contributed by atoms with van der Waals surface area (Å²) in [4.78, 5) is 1.67. The molecule has 0 spiro atoms. The summed E-state index contributed by atoms with van der Waals surface area (Å²) in [5, 5.41) is 7.79. The van der Waals surface area contributed by atoms with E-state index >= 15 is 0 Å². The maximum Gasteiger partial charge on any atom is 0.166 e. The number of nitrogens with one attached hydrogen (secondary N) is 3. The fourth-order valence-electron chi connectivity index (χ4n) is 4.72. The molecule has 2 aliphatic carbocycles. The van der Waals surface area contributed by atoms with Crippen LogP contribution in [0.4, 0.5) is 0 Å². The van der Waals surface area contributed by atoms with Crippen molar-refractivity contribution in [2.24, 2.45) is 17.8 Å². The van der Waals surface area contributed by atoms with Crippen LogP contribution in [0.25, 0.3) is 0 Å². The number of rotatable bonds is 6. The predicted octanol–water partition coefficient (Wildman–Crippen LogP) is 0.580. The summed E-state index contributed by atoms with van der Waals surface area (Å²) in [7, 11) is 0. The molecule has 3 N–H and O–H groups in total. The van der Waals surface area contributed by atoms with Crippen molar-refractivity contribution in [3.63, 3.8) is 0 Å². The van der Waals surface area contributed by atoms with E-state index in [1.54, 1.807) is 4.90 Å². The molecular weight excluding hydrogens is 294 g/mol. The molecule has 1 heterocycles. The Morgan fingerprint density at radius 3 is 2.77 bits per heavy atom. The number of ether oxygens (including phenoxy) is 1.